The number of rotatable bonds is 1. The van der Waals surface area contributed by atoms with E-state index in [1.54, 1.807) is 12.1 Å². The van der Waals surface area contributed by atoms with Crippen LogP contribution in [0.4, 0.5) is 9.59 Å². The molecule has 0 N–H and O–H groups in total. The zero-order valence-electron chi connectivity index (χ0n) is 19.0. The van der Waals surface area contributed by atoms with E-state index >= 15 is 0 Å². The number of fused-ring (bicyclic) bond motifs is 2. The first-order valence-electron chi connectivity index (χ1n) is 10.6. The van der Waals surface area contributed by atoms with Crippen LogP contribution in [0.15, 0.2) is 12.1 Å². The van der Waals surface area contributed by atoms with Gasteiger partial charge in [-0.1, -0.05) is 0 Å². The second-order valence-electron chi connectivity index (χ2n) is 9.00. The van der Waals surface area contributed by atoms with Crippen molar-refractivity contribution in [3.05, 3.63) is 23.3 Å². The fourth-order valence-electron chi connectivity index (χ4n) is 5.46. The van der Waals surface area contributed by atoms with Crippen molar-refractivity contribution in [2.24, 2.45) is 17.3 Å². The van der Waals surface area contributed by atoms with Crippen LogP contribution in [0.25, 0.3) is 0 Å². The van der Waals surface area contributed by atoms with Gasteiger partial charge in [0.1, 0.15) is 11.3 Å². The van der Waals surface area contributed by atoms with E-state index in [9.17, 15) is 28.8 Å². The van der Waals surface area contributed by atoms with Crippen LogP contribution in [0.1, 0.15) is 11.1 Å². The highest BCUT2D eigenvalue weighted by Crippen LogP contribution is 2.51. The predicted octanol–water partition coefficient (Wildman–Crippen LogP) is -0.166. The Labute approximate surface area is 193 Å². The number of benzene rings is 1. The lowest BCUT2D eigenvalue weighted by atomic mass is 9.57. The number of ether oxygens (including phenoxy) is 2. The summed E-state index contributed by atoms with van der Waals surface area (Å²) in [4.78, 5) is 82.0. The molecule has 3 aliphatic heterocycles. The van der Waals surface area contributed by atoms with Gasteiger partial charge in [0.25, 0.3) is 0 Å². The number of urea groups is 2. The van der Waals surface area contributed by atoms with Gasteiger partial charge in [0.2, 0.25) is 30.4 Å². The van der Waals surface area contributed by atoms with Crippen molar-refractivity contribution < 1.29 is 38.2 Å². The van der Waals surface area contributed by atoms with E-state index < -0.39 is 52.9 Å². The number of carbonyl (C=O) groups excluding carboxylic acids is 6. The minimum Gasteiger partial charge on any atom is -0.454 e. The van der Waals surface area contributed by atoms with Gasteiger partial charge < -0.3 is 9.47 Å². The van der Waals surface area contributed by atoms with Crippen molar-refractivity contribution >= 4 is 35.7 Å². The fraction of sp³-hybridized carbons (Fsp3) is 0.455. The topological polar surface area (TPSA) is 134 Å². The van der Waals surface area contributed by atoms with Gasteiger partial charge in [0.05, 0.1) is 0 Å². The fourth-order valence-corrected chi connectivity index (χ4v) is 5.46. The maximum atomic E-state index is 13.7. The summed E-state index contributed by atoms with van der Waals surface area (Å²) in [6.07, 6.45) is -0.154. The monoisotopic (exact) mass is 470 g/mol. The number of nitrogens with zero attached hydrogens (tertiary/aromatic N) is 4. The van der Waals surface area contributed by atoms with E-state index in [4.69, 9.17) is 9.47 Å². The standard InChI is InChI=1S/C22H22N4O8/c1-23-16(27)15(17(28)24(2)20(23)31)12-5-10-6-13-14(34-9-33-13)7-11(10)8-22(12)18(29)25(3)21(32)26(4)19(22)30/h6-7,12,15H,5,8-9H2,1-4H3/t12-/m1/s1. The van der Waals surface area contributed by atoms with Crippen molar-refractivity contribution in [3.63, 3.8) is 0 Å². The Balaban J connectivity index is 1.72. The van der Waals surface area contributed by atoms with Crippen LogP contribution in [-0.4, -0.2) is 90.3 Å². The van der Waals surface area contributed by atoms with Gasteiger partial charge in [-0.05, 0) is 36.1 Å². The van der Waals surface area contributed by atoms with Crippen LogP contribution in [0.5, 0.6) is 11.5 Å². The summed E-state index contributed by atoms with van der Waals surface area (Å²) in [6, 6.07) is 1.79. The molecule has 2 saturated heterocycles. The smallest absolute Gasteiger partial charge is 0.332 e. The second kappa shape index (κ2) is 7.02. The lowest BCUT2D eigenvalue weighted by Gasteiger charge is -2.51. The quantitative estimate of drug-likeness (QED) is 0.517. The molecular formula is C22H22N4O8. The van der Waals surface area contributed by atoms with Crippen molar-refractivity contribution in [3.8, 4) is 11.5 Å². The molecule has 0 unspecified atom stereocenters. The van der Waals surface area contributed by atoms with Crippen LogP contribution < -0.4 is 9.47 Å². The molecule has 5 rings (SSSR count). The van der Waals surface area contributed by atoms with Crippen LogP contribution in [0, 0.1) is 17.3 Å². The lowest BCUT2D eigenvalue weighted by molar-refractivity contribution is -0.168. The molecular weight excluding hydrogens is 448 g/mol. The third-order valence-electron chi connectivity index (χ3n) is 7.35. The molecule has 3 heterocycles. The SMILES string of the molecule is CN1C(=O)C([C@H]2Cc3cc4c(cc3CC23C(=O)N(C)C(=O)N(C)C3=O)OCO4)C(=O)N(C)C1=O. The zero-order chi connectivity index (χ0) is 24.7. The minimum absolute atomic E-state index is 0.00264. The first kappa shape index (κ1) is 21.9. The summed E-state index contributed by atoms with van der Waals surface area (Å²) in [5.74, 6) is -4.88. The van der Waals surface area contributed by atoms with E-state index in [2.05, 4.69) is 0 Å². The third kappa shape index (κ3) is 2.59. The normalized spacial score (nSPS) is 24.5. The number of hydrogen-bond donors (Lipinski definition) is 0. The molecule has 2 fully saturated rings. The van der Waals surface area contributed by atoms with Gasteiger partial charge in [-0.25, -0.2) is 9.59 Å². The molecule has 0 radical (unpaired) electrons. The molecule has 1 aromatic carbocycles. The number of barbiturate groups is 2. The summed E-state index contributed by atoms with van der Waals surface area (Å²) in [6.45, 7) is 0.0158. The molecule has 4 aliphatic rings. The van der Waals surface area contributed by atoms with Crippen molar-refractivity contribution in [1.29, 1.82) is 0 Å². The highest BCUT2D eigenvalue weighted by Gasteiger charge is 2.66. The highest BCUT2D eigenvalue weighted by atomic mass is 16.7. The molecule has 0 bridgehead atoms. The van der Waals surface area contributed by atoms with Gasteiger partial charge in [-0.3, -0.25) is 38.8 Å². The molecule has 1 aliphatic carbocycles. The first-order valence-corrected chi connectivity index (χ1v) is 10.6. The Morgan fingerprint density at radius 1 is 0.735 bits per heavy atom. The molecule has 1 atom stereocenters. The van der Waals surface area contributed by atoms with Gasteiger partial charge in [0.15, 0.2) is 11.5 Å². The van der Waals surface area contributed by atoms with Crippen LogP contribution >= 0.6 is 0 Å². The van der Waals surface area contributed by atoms with Crippen molar-refractivity contribution in [1.82, 2.24) is 19.6 Å². The van der Waals surface area contributed by atoms with Crippen LogP contribution in [-0.2, 0) is 32.0 Å². The first-order chi connectivity index (χ1) is 16.0. The van der Waals surface area contributed by atoms with E-state index in [-0.39, 0.29) is 19.6 Å². The Kier molecular flexibility index (Phi) is 4.51. The van der Waals surface area contributed by atoms with E-state index in [0.29, 0.717) is 22.6 Å². The van der Waals surface area contributed by atoms with Crippen molar-refractivity contribution in [2.75, 3.05) is 35.0 Å². The molecule has 0 saturated carbocycles. The summed E-state index contributed by atoms with van der Waals surface area (Å²) in [7, 11) is 5.00. The zero-order valence-corrected chi connectivity index (χ0v) is 19.0. The molecule has 0 aromatic heterocycles. The van der Waals surface area contributed by atoms with E-state index in [1.165, 1.54) is 28.2 Å². The Morgan fingerprint density at radius 2 is 1.21 bits per heavy atom. The van der Waals surface area contributed by atoms with Crippen LogP contribution in [0.3, 0.4) is 0 Å². The summed E-state index contributed by atoms with van der Waals surface area (Å²) < 4.78 is 10.9. The maximum Gasteiger partial charge on any atom is 0.332 e. The molecule has 34 heavy (non-hydrogen) atoms. The average Bonchev–Trinajstić information content (AvgIpc) is 3.28. The summed E-state index contributed by atoms with van der Waals surface area (Å²) in [5, 5.41) is 0. The molecule has 12 nitrogen and oxygen atoms in total. The summed E-state index contributed by atoms with van der Waals surface area (Å²) >= 11 is 0. The van der Waals surface area contributed by atoms with E-state index in [0.717, 1.165) is 19.6 Å². The second-order valence-corrected chi connectivity index (χ2v) is 9.00. The number of carbonyl (C=O) groups is 6. The van der Waals surface area contributed by atoms with Gasteiger partial charge >= 0.3 is 12.1 Å². The predicted molar refractivity (Wildman–Crippen MR) is 111 cm³/mol. The molecule has 8 amide bonds. The lowest BCUT2D eigenvalue weighted by Crippen LogP contribution is -2.70. The third-order valence-corrected chi connectivity index (χ3v) is 7.35. The van der Waals surface area contributed by atoms with Crippen molar-refractivity contribution in [2.45, 2.75) is 12.8 Å². The average molecular weight is 470 g/mol. The van der Waals surface area contributed by atoms with Crippen LogP contribution in [0.2, 0.25) is 0 Å². The minimum atomic E-state index is -1.91. The highest BCUT2D eigenvalue weighted by molar-refractivity contribution is 6.21. The number of hydrogen-bond acceptors (Lipinski definition) is 8. The molecule has 1 spiro atoms. The molecule has 178 valence electrons. The Hall–Kier alpha value is -3.96. The molecule has 1 aromatic rings. The van der Waals surface area contributed by atoms with Gasteiger partial charge in [-0.2, -0.15) is 0 Å². The van der Waals surface area contributed by atoms with Gasteiger partial charge in [0, 0.05) is 34.1 Å². The number of amides is 8. The van der Waals surface area contributed by atoms with Gasteiger partial charge in [-0.15, -0.1) is 0 Å². The number of imide groups is 4. The summed E-state index contributed by atoms with van der Waals surface area (Å²) in [5.41, 5.74) is -0.604. The Morgan fingerprint density at radius 3 is 1.74 bits per heavy atom. The van der Waals surface area contributed by atoms with E-state index in [1.807, 2.05) is 0 Å². The molecule has 12 heteroatoms. The Bertz CT molecular complexity index is 1160. The largest absolute Gasteiger partial charge is 0.454 e. The maximum absolute atomic E-state index is 13.7.